The van der Waals surface area contributed by atoms with Crippen LogP contribution in [0.2, 0.25) is 0 Å². The van der Waals surface area contributed by atoms with Crippen LogP contribution < -0.4 is 5.32 Å². The van der Waals surface area contributed by atoms with Crippen molar-refractivity contribution in [2.24, 2.45) is 0 Å². The maximum Gasteiger partial charge on any atom is 0.326 e. The van der Waals surface area contributed by atoms with Gasteiger partial charge in [-0.15, -0.1) is 11.3 Å². The first-order valence-corrected chi connectivity index (χ1v) is 6.34. The zero-order chi connectivity index (χ0) is 13.1. The maximum absolute atomic E-state index is 11.8. The number of urea groups is 1. The van der Waals surface area contributed by atoms with Crippen LogP contribution >= 0.6 is 11.3 Å². The van der Waals surface area contributed by atoms with Gasteiger partial charge in [0.2, 0.25) is 0 Å². The largest absolute Gasteiger partial charge is 0.480 e. The van der Waals surface area contributed by atoms with Crippen LogP contribution in [0.3, 0.4) is 0 Å². The Labute approximate surface area is 107 Å². The zero-order valence-electron chi connectivity index (χ0n) is 9.44. The molecule has 0 saturated carbocycles. The average Bonchev–Trinajstić information content (AvgIpc) is 2.94. The Bertz CT molecular complexity index is 436. The number of carbonyl (C=O) groups excluding carboxylic acids is 1. The fourth-order valence-electron chi connectivity index (χ4n) is 1.86. The molecule has 98 valence electrons. The molecule has 0 bridgehead atoms. The van der Waals surface area contributed by atoms with Crippen LogP contribution in [0, 0.1) is 0 Å². The van der Waals surface area contributed by atoms with Gasteiger partial charge in [-0.05, 0) is 0 Å². The number of β-amino-alcohol motifs (C(OH)–C–C–N with tert-alkyl or cyclic N) is 1. The lowest BCUT2D eigenvalue weighted by Crippen LogP contribution is -2.45. The Balaban J connectivity index is 1.93. The summed E-state index contributed by atoms with van der Waals surface area (Å²) in [5, 5.41) is 22.8. The van der Waals surface area contributed by atoms with Crippen LogP contribution in [0.1, 0.15) is 12.1 Å². The first-order chi connectivity index (χ1) is 8.58. The highest BCUT2D eigenvalue weighted by Crippen LogP contribution is 2.18. The molecule has 0 radical (unpaired) electrons. The molecule has 2 heterocycles. The Morgan fingerprint density at radius 1 is 1.61 bits per heavy atom. The Morgan fingerprint density at radius 3 is 3.00 bits per heavy atom. The van der Waals surface area contributed by atoms with Crippen LogP contribution in [0.25, 0.3) is 0 Å². The second-order valence-electron chi connectivity index (χ2n) is 4.03. The molecule has 0 aromatic carbocycles. The molecule has 3 N–H and O–H groups in total. The molecule has 1 aliphatic rings. The van der Waals surface area contributed by atoms with Crippen molar-refractivity contribution in [3.63, 3.8) is 0 Å². The molecule has 2 rings (SSSR count). The molecule has 2 atom stereocenters. The third kappa shape index (κ3) is 2.77. The number of rotatable bonds is 3. The number of nitrogens with one attached hydrogen (secondary N) is 1. The number of amides is 2. The third-order valence-corrected chi connectivity index (χ3v) is 3.36. The van der Waals surface area contributed by atoms with Gasteiger partial charge in [-0.2, -0.15) is 0 Å². The van der Waals surface area contributed by atoms with E-state index in [1.165, 1.54) is 11.3 Å². The number of hydrogen-bond donors (Lipinski definition) is 3. The van der Waals surface area contributed by atoms with Crippen LogP contribution in [-0.2, 0) is 11.3 Å². The molecule has 7 nitrogen and oxygen atoms in total. The Hall–Kier alpha value is -1.67. The van der Waals surface area contributed by atoms with Crippen LogP contribution in [0.15, 0.2) is 10.9 Å². The third-order valence-electron chi connectivity index (χ3n) is 2.73. The van der Waals surface area contributed by atoms with Crippen LogP contribution in [0.5, 0.6) is 0 Å². The molecule has 1 fully saturated rings. The second-order valence-corrected chi connectivity index (χ2v) is 4.75. The lowest BCUT2D eigenvalue weighted by molar-refractivity contribution is -0.141. The Morgan fingerprint density at radius 2 is 2.39 bits per heavy atom. The van der Waals surface area contributed by atoms with Crippen LogP contribution in [0.4, 0.5) is 4.79 Å². The van der Waals surface area contributed by atoms with Gasteiger partial charge in [0.25, 0.3) is 0 Å². The van der Waals surface area contributed by atoms with E-state index in [1.54, 1.807) is 10.9 Å². The highest BCUT2D eigenvalue weighted by Gasteiger charge is 2.38. The normalized spacial score (nSPS) is 23.1. The molecule has 1 saturated heterocycles. The topological polar surface area (TPSA) is 103 Å². The van der Waals surface area contributed by atoms with Crippen LogP contribution in [-0.4, -0.2) is 50.8 Å². The van der Waals surface area contributed by atoms with Gasteiger partial charge in [0.1, 0.15) is 6.04 Å². The smallest absolute Gasteiger partial charge is 0.326 e. The highest BCUT2D eigenvalue weighted by atomic mass is 32.1. The number of aliphatic hydroxyl groups excluding tert-OH is 1. The van der Waals surface area contributed by atoms with E-state index in [9.17, 15) is 14.7 Å². The lowest BCUT2D eigenvalue weighted by Gasteiger charge is -2.21. The number of carboxylic acids is 1. The lowest BCUT2D eigenvalue weighted by atomic mass is 10.2. The predicted octanol–water partition coefficient (Wildman–Crippen LogP) is -0.127. The van der Waals surface area contributed by atoms with E-state index >= 15 is 0 Å². The monoisotopic (exact) mass is 271 g/mol. The molecule has 2 unspecified atom stereocenters. The molecule has 2 amide bonds. The molecule has 1 aromatic rings. The van der Waals surface area contributed by atoms with Gasteiger partial charge in [-0.3, -0.25) is 0 Å². The number of likely N-dealkylation sites (tertiary alicyclic amines) is 1. The summed E-state index contributed by atoms with van der Waals surface area (Å²) >= 11 is 1.42. The minimum absolute atomic E-state index is 0.0415. The molecule has 1 aromatic heterocycles. The number of carboxylic acid groups (broad SMARTS) is 1. The summed E-state index contributed by atoms with van der Waals surface area (Å²) in [7, 11) is 0. The van der Waals surface area contributed by atoms with E-state index in [-0.39, 0.29) is 19.5 Å². The summed E-state index contributed by atoms with van der Waals surface area (Å²) in [5.41, 5.74) is 2.38. The number of aliphatic carboxylic acids is 1. The fourth-order valence-corrected chi connectivity index (χ4v) is 2.42. The van der Waals surface area contributed by atoms with Crippen molar-refractivity contribution in [2.45, 2.75) is 25.1 Å². The number of aliphatic hydroxyl groups is 1. The number of thiazole rings is 1. The van der Waals surface area contributed by atoms with Gasteiger partial charge in [-0.1, -0.05) is 0 Å². The van der Waals surface area contributed by atoms with Crippen molar-refractivity contribution >= 4 is 23.3 Å². The first-order valence-electron chi connectivity index (χ1n) is 5.40. The molecule has 0 spiro atoms. The summed E-state index contributed by atoms with van der Waals surface area (Å²) < 4.78 is 0. The molecule has 1 aliphatic heterocycles. The highest BCUT2D eigenvalue weighted by molar-refractivity contribution is 7.07. The van der Waals surface area contributed by atoms with E-state index in [4.69, 9.17) is 5.11 Å². The van der Waals surface area contributed by atoms with Gasteiger partial charge in [0.05, 0.1) is 23.9 Å². The van der Waals surface area contributed by atoms with Crippen molar-refractivity contribution in [2.75, 3.05) is 6.54 Å². The van der Waals surface area contributed by atoms with E-state index in [0.29, 0.717) is 0 Å². The molecular formula is C10H13N3O4S. The maximum atomic E-state index is 11.8. The molecule has 18 heavy (non-hydrogen) atoms. The molecule has 8 heteroatoms. The summed E-state index contributed by atoms with van der Waals surface area (Å²) in [4.78, 5) is 27.9. The number of carbonyl (C=O) groups is 2. The van der Waals surface area contributed by atoms with Crippen molar-refractivity contribution in [1.29, 1.82) is 0 Å². The van der Waals surface area contributed by atoms with E-state index in [0.717, 1.165) is 10.6 Å². The summed E-state index contributed by atoms with van der Waals surface area (Å²) in [6.07, 6.45) is -0.712. The quantitative estimate of drug-likeness (QED) is 0.710. The minimum atomic E-state index is -1.10. The number of aromatic nitrogens is 1. The average molecular weight is 271 g/mol. The second kappa shape index (κ2) is 5.32. The number of hydrogen-bond acceptors (Lipinski definition) is 5. The zero-order valence-corrected chi connectivity index (χ0v) is 10.3. The van der Waals surface area contributed by atoms with E-state index < -0.39 is 24.1 Å². The van der Waals surface area contributed by atoms with Gasteiger partial charge >= 0.3 is 12.0 Å². The summed E-state index contributed by atoms with van der Waals surface area (Å²) in [6.45, 7) is 0.293. The van der Waals surface area contributed by atoms with Gasteiger partial charge in [0.15, 0.2) is 0 Å². The fraction of sp³-hybridized carbons (Fsp3) is 0.500. The van der Waals surface area contributed by atoms with Gasteiger partial charge < -0.3 is 20.4 Å². The minimum Gasteiger partial charge on any atom is -0.480 e. The number of nitrogens with zero attached hydrogens (tertiary/aromatic N) is 2. The standard InChI is InChI=1S/C10H13N3O4S/c14-7-1-8(9(15)16)13(3-7)10(17)11-2-6-4-18-5-12-6/h4-5,7-8,14H,1-3H2,(H,11,17)(H,15,16). The van der Waals surface area contributed by atoms with Gasteiger partial charge in [-0.25, -0.2) is 14.6 Å². The predicted molar refractivity (Wildman–Crippen MR) is 63.1 cm³/mol. The van der Waals surface area contributed by atoms with Crippen molar-refractivity contribution < 1.29 is 19.8 Å². The summed E-state index contributed by atoms with van der Waals surface area (Å²) in [5.74, 6) is -1.10. The van der Waals surface area contributed by atoms with E-state index in [2.05, 4.69) is 10.3 Å². The van der Waals surface area contributed by atoms with Gasteiger partial charge in [0, 0.05) is 18.3 Å². The molecular weight excluding hydrogens is 258 g/mol. The van der Waals surface area contributed by atoms with Crippen molar-refractivity contribution in [3.05, 3.63) is 16.6 Å². The van der Waals surface area contributed by atoms with Crippen molar-refractivity contribution in [1.82, 2.24) is 15.2 Å². The Kier molecular flexibility index (Phi) is 3.78. The molecule has 0 aliphatic carbocycles. The van der Waals surface area contributed by atoms with Crippen molar-refractivity contribution in [3.8, 4) is 0 Å². The van der Waals surface area contributed by atoms with E-state index in [1.807, 2.05) is 0 Å². The first kappa shape index (κ1) is 12.8. The summed E-state index contributed by atoms with van der Waals surface area (Å²) in [6, 6.07) is -1.46. The SMILES string of the molecule is O=C(O)C1CC(O)CN1C(=O)NCc1cscn1.